The standard InChI is InChI=1S/C34H42ClN3O4S/c1-5-31(34(40)36-29-13-7-6-8-14-29)37(22-27-12-10-9-11-25(27)3)33(39)23-38(32-21-28(35)18-17-26(32)4)43(41,42)30-19-15-24(2)16-20-30/h9-12,15-21,29,31H,5-8,13-14,22-23H2,1-4H3,(H,36,40)/t31-/m0/s1. The van der Waals surface area contributed by atoms with Crippen LogP contribution in [0.2, 0.25) is 5.02 Å². The maximum absolute atomic E-state index is 14.4. The molecule has 230 valence electrons. The van der Waals surface area contributed by atoms with E-state index in [1.165, 1.54) is 4.90 Å². The second-order valence-electron chi connectivity index (χ2n) is 11.5. The van der Waals surface area contributed by atoms with E-state index < -0.39 is 28.5 Å². The molecule has 7 nitrogen and oxygen atoms in total. The molecule has 0 unspecified atom stereocenters. The summed E-state index contributed by atoms with van der Waals surface area (Å²) in [5.74, 6) is -0.674. The highest BCUT2D eigenvalue weighted by Crippen LogP contribution is 2.30. The van der Waals surface area contributed by atoms with Crippen LogP contribution >= 0.6 is 11.6 Å². The molecule has 0 heterocycles. The molecule has 1 N–H and O–H groups in total. The van der Waals surface area contributed by atoms with Crippen LogP contribution < -0.4 is 9.62 Å². The Hall–Kier alpha value is -3.36. The van der Waals surface area contributed by atoms with Gasteiger partial charge in [-0.25, -0.2) is 8.42 Å². The zero-order valence-electron chi connectivity index (χ0n) is 25.5. The molecule has 0 aromatic heterocycles. The number of aryl methyl sites for hydroxylation is 3. The molecule has 9 heteroatoms. The van der Waals surface area contributed by atoms with Crippen molar-refractivity contribution in [3.05, 3.63) is 94.0 Å². The molecule has 43 heavy (non-hydrogen) atoms. The number of rotatable bonds is 11. The number of sulfonamides is 1. The number of nitrogens with zero attached hydrogens (tertiary/aromatic N) is 2. The van der Waals surface area contributed by atoms with Crippen LogP contribution in [0, 0.1) is 20.8 Å². The Morgan fingerprint density at radius 3 is 2.26 bits per heavy atom. The van der Waals surface area contributed by atoms with Gasteiger partial charge in [-0.1, -0.05) is 85.8 Å². The van der Waals surface area contributed by atoms with Gasteiger partial charge < -0.3 is 10.2 Å². The molecular formula is C34H42ClN3O4S. The summed E-state index contributed by atoms with van der Waals surface area (Å²) in [7, 11) is -4.17. The second kappa shape index (κ2) is 14.4. The average Bonchev–Trinajstić information content (AvgIpc) is 2.98. The number of nitrogens with one attached hydrogen (secondary N) is 1. The van der Waals surface area contributed by atoms with E-state index in [1.807, 2.05) is 45.0 Å². The quantitative estimate of drug-likeness (QED) is 0.257. The van der Waals surface area contributed by atoms with Crippen molar-refractivity contribution in [2.45, 2.75) is 89.7 Å². The van der Waals surface area contributed by atoms with E-state index in [2.05, 4.69) is 5.32 Å². The fourth-order valence-electron chi connectivity index (χ4n) is 5.64. The smallest absolute Gasteiger partial charge is 0.264 e. The second-order valence-corrected chi connectivity index (χ2v) is 13.8. The summed E-state index contributed by atoms with van der Waals surface area (Å²) >= 11 is 6.34. The van der Waals surface area contributed by atoms with Crippen LogP contribution in [0.3, 0.4) is 0 Å². The van der Waals surface area contributed by atoms with E-state index in [4.69, 9.17) is 11.6 Å². The Morgan fingerprint density at radius 2 is 1.60 bits per heavy atom. The Kier molecular flexibility index (Phi) is 10.9. The first-order valence-electron chi connectivity index (χ1n) is 15.0. The third-order valence-electron chi connectivity index (χ3n) is 8.27. The molecule has 2 amide bonds. The van der Waals surface area contributed by atoms with Gasteiger partial charge in [0, 0.05) is 17.6 Å². The monoisotopic (exact) mass is 623 g/mol. The predicted molar refractivity (Wildman–Crippen MR) is 173 cm³/mol. The maximum Gasteiger partial charge on any atom is 0.264 e. The molecule has 1 aliphatic carbocycles. The number of hydrogen-bond donors (Lipinski definition) is 1. The minimum Gasteiger partial charge on any atom is -0.352 e. The largest absolute Gasteiger partial charge is 0.352 e. The Balaban J connectivity index is 1.74. The lowest BCUT2D eigenvalue weighted by atomic mass is 9.95. The molecule has 1 atom stereocenters. The normalized spacial score (nSPS) is 14.6. The van der Waals surface area contributed by atoms with Gasteiger partial charge in [0.15, 0.2) is 0 Å². The van der Waals surface area contributed by atoms with Crippen molar-refractivity contribution in [1.29, 1.82) is 0 Å². The van der Waals surface area contributed by atoms with Crippen molar-refractivity contribution in [2.24, 2.45) is 0 Å². The first-order valence-corrected chi connectivity index (χ1v) is 16.8. The summed E-state index contributed by atoms with van der Waals surface area (Å²) in [4.78, 5) is 29.7. The van der Waals surface area contributed by atoms with E-state index in [1.54, 1.807) is 49.4 Å². The Morgan fingerprint density at radius 1 is 0.930 bits per heavy atom. The van der Waals surface area contributed by atoms with Gasteiger partial charge in [-0.3, -0.25) is 13.9 Å². The van der Waals surface area contributed by atoms with Crippen LogP contribution in [-0.2, 0) is 26.2 Å². The zero-order chi connectivity index (χ0) is 31.1. The number of anilines is 1. The van der Waals surface area contributed by atoms with Crippen molar-refractivity contribution < 1.29 is 18.0 Å². The Labute approximate surface area is 261 Å². The summed E-state index contributed by atoms with van der Waals surface area (Å²) < 4.78 is 29.4. The highest BCUT2D eigenvalue weighted by Gasteiger charge is 2.35. The third kappa shape index (κ3) is 7.98. The van der Waals surface area contributed by atoms with E-state index in [-0.39, 0.29) is 23.4 Å². The topological polar surface area (TPSA) is 86.8 Å². The molecule has 0 spiro atoms. The fraction of sp³-hybridized carbons (Fsp3) is 0.412. The van der Waals surface area contributed by atoms with Gasteiger partial charge in [-0.05, 0) is 81.0 Å². The highest BCUT2D eigenvalue weighted by atomic mass is 35.5. The van der Waals surface area contributed by atoms with Crippen molar-refractivity contribution in [3.63, 3.8) is 0 Å². The van der Waals surface area contributed by atoms with Crippen molar-refractivity contribution in [2.75, 3.05) is 10.8 Å². The maximum atomic E-state index is 14.4. The minimum atomic E-state index is -4.17. The van der Waals surface area contributed by atoms with Gasteiger partial charge in [0.05, 0.1) is 10.6 Å². The molecule has 4 rings (SSSR count). The molecule has 0 bridgehead atoms. The summed E-state index contributed by atoms with van der Waals surface area (Å²) in [6, 6.07) is 18.6. The number of hydrogen-bond acceptors (Lipinski definition) is 4. The van der Waals surface area contributed by atoms with Gasteiger partial charge in [0.25, 0.3) is 10.0 Å². The summed E-state index contributed by atoms with van der Waals surface area (Å²) in [6.45, 7) is 7.19. The van der Waals surface area contributed by atoms with Gasteiger partial charge in [-0.15, -0.1) is 0 Å². The predicted octanol–water partition coefficient (Wildman–Crippen LogP) is 6.72. The van der Waals surface area contributed by atoms with Crippen LogP contribution in [0.15, 0.2) is 71.6 Å². The molecule has 1 fully saturated rings. The summed E-state index contributed by atoms with van der Waals surface area (Å²) in [5, 5.41) is 3.54. The van der Waals surface area contributed by atoms with E-state index >= 15 is 0 Å². The molecule has 3 aromatic carbocycles. The summed E-state index contributed by atoms with van der Waals surface area (Å²) in [6.07, 6.45) is 5.53. The lowest BCUT2D eigenvalue weighted by Gasteiger charge is -2.35. The number of carbonyl (C=O) groups is 2. The van der Waals surface area contributed by atoms with Gasteiger partial charge in [0.1, 0.15) is 12.6 Å². The highest BCUT2D eigenvalue weighted by molar-refractivity contribution is 7.92. The lowest BCUT2D eigenvalue weighted by Crippen LogP contribution is -2.54. The van der Waals surface area contributed by atoms with Crippen molar-refractivity contribution in [1.82, 2.24) is 10.2 Å². The zero-order valence-corrected chi connectivity index (χ0v) is 27.0. The van der Waals surface area contributed by atoms with Gasteiger partial charge in [0.2, 0.25) is 11.8 Å². The Bertz CT molecular complexity index is 1540. The van der Waals surface area contributed by atoms with Crippen LogP contribution in [0.25, 0.3) is 0 Å². The molecule has 1 saturated carbocycles. The van der Waals surface area contributed by atoms with Gasteiger partial charge >= 0.3 is 0 Å². The van der Waals surface area contributed by atoms with Crippen molar-refractivity contribution >= 4 is 39.1 Å². The number of carbonyl (C=O) groups excluding carboxylic acids is 2. The molecule has 0 aliphatic heterocycles. The fourth-order valence-corrected chi connectivity index (χ4v) is 7.27. The first kappa shape index (κ1) is 32.6. The summed E-state index contributed by atoms with van der Waals surface area (Å²) in [5.41, 5.74) is 3.77. The van der Waals surface area contributed by atoms with Crippen LogP contribution in [0.4, 0.5) is 5.69 Å². The lowest BCUT2D eigenvalue weighted by molar-refractivity contribution is -0.140. The minimum absolute atomic E-state index is 0.0674. The van der Waals surface area contributed by atoms with Gasteiger partial charge in [-0.2, -0.15) is 0 Å². The molecule has 1 aliphatic rings. The number of halogens is 1. The average molecular weight is 624 g/mol. The van der Waals surface area contributed by atoms with Crippen LogP contribution in [-0.4, -0.2) is 43.8 Å². The number of amides is 2. The number of benzene rings is 3. The van der Waals surface area contributed by atoms with E-state index in [0.29, 0.717) is 22.7 Å². The SMILES string of the molecule is CC[C@@H](C(=O)NC1CCCCC1)N(Cc1ccccc1C)C(=O)CN(c1cc(Cl)ccc1C)S(=O)(=O)c1ccc(C)cc1. The molecular weight excluding hydrogens is 582 g/mol. The van der Waals surface area contributed by atoms with Crippen LogP contribution in [0.5, 0.6) is 0 Å². The molecule has 3 aromatic rings. The molecule has 0 saturated heterocycles. The van der Waals surface area contributed by atoms with Crippen molar-refractivity contribution in [3.8, 4) is 0 Å². The molecule has 0 radical (unpaired) electrons. The first-order chi connectivity index (χ1) is 20.5. The third-order valence-corrected chi connectivity index (χ3v) is 10.3. The van der Waals surface area contributed by atoms with Crippen LogP contribution in [0.1, 0.15) is 67.7 Å². The van der Waals surface area contributed by atoms with E-state index in [0.717, 1.165) is 53.1 Å². The van der Waals surface area contributed by atoms with E-state index in [9.17, 15) is 18.0 Å².